The Hall–Kier alpha value is -2.49. The van der Waals surface area contributed by atoms with Crippen LogP contribution < -0.4 is 5.32 Å². The van der Waals surface area contributed by atoms with E-state index in [0.717, 1.165) is 43.5 Å². The topological polar surface area (TPSA) is 81.0 Å². The molecule has 0 spiro atoms. The predicted molar refractivity (Wildman–Crippen MR) is 115 cm³/mol. The van der Waals surface area contributed by atoms with Crippen LogP contribution in [-0.4, -0.2) is 18.3 Å². The normalized spacial score (nSPS) is 12.7. The molecule has 0 aliphatic heterocycles. The van der Waals surface area contributed by atoms with Gasteiger partial charge in [0.25, 0.3) is 0 Å². The molecule has 0 amide bonds. The molecular formula is C22H32N4O. The zero-order valence-corrected chi connectivity index (χ0v) is 16.8. The Morgan fingerprint density at radius 1 is 1.07 bits per heavy atom. The van der Waals surface area contributed by atoms with Crippen molar-refractivity contribution in [2.45, 2.75) is 53.0 Å². The molecule has 0 bridgehead atoms. The minimum absolute atomic E-state index is 0.130. The molecule has 0 heterocycles. The van der Waals surface area contributed by atoms with Crippen molar-refractivity contribution in [3.63, 3.8) is 0 Å². The summed E-state index contributed by atoms with van der Waals surface area (Å²) in [7, 11) is 0. The molecule has 0 aliphatic carbocycles. The lowest BCUT2D eigenvalue weighted by molar-refractivity contribution is 0.341. The van der Waals surface area contributed by atoms with Gasteiger partial charge in [-0.15, -0.1) is 0 Å². The summed E-state index contributed by atoms with van der Waals surface area (Å²) in [5.41, 5.74) is 14.4. The molecule has 27 heavy (non-hydrogen) atoms. The maximum Gasteiger partial charge on any atom is 0.0614 e. The van der Waals surface area contributed by atoms with E-state index in [4.69, 9.17) is 10.6 Å². The average Bonchev–Trinajstić information content (AvgIpc) is 2.65. The Morgan fingerprint density at radius 2 is 1.74 bits per heavy atom. The van der Waals surface area contributed by atoms with Gasteiger partial charge in [0.2, 0.25) is 0 Å². The lowest BCUT2D eigenvalue weighted by Crippen LogP contribution is -2.03. The van der Waals surface area contributed by atoms with Crippen molar-refractivity contribution < 1.29 is 5.11 Å². The zero-order valence-electron chi connectivity index (χ0n) is 16.8. The standard InChI is InChI=1S/C22H32N4O/c1-18(7-4-9-19(2)13-14-27)8-5-10-20(3)16-24-22-12-6-11-21(15-22)17-25-26-23/h6-7,10-13,15,24,27H,4-5,8-9,14,16-17H2,1-3H3/b18-7+,19-13+,20-10+. The second-order valence-corrected chi connectivity index (χ2v) is 6.85. The Morgan fingerprint density at radius 3 is 2.41 bits per heavy atom. The SMILES string of the molecule is C/C(=C\CO)CC/C=C(\C)CC/C=C(\C)CNc1cccc(CN=[N+]=[N-])c1. The van der Waals surface area contributed by atoms with Crippen molar-refractivity contribution >= 4 is 5.69 Å². The van der Waals surface area contributed by atoms with Crippen molar-refractivity contribution in [3.8, 4) is 0 Å². The summed E-state index contributed by atoms with van der Waals surface area (Å²) in [5, 5.41) is 15.9. The van der Waals surface area contributed by atoms with Gasteiger partial charge in [-0.3, -0.25) is 0 Å². The van der Waals surface area contributed by atoms with Gasteiger partial charge in [-0.1, -0.05) is 52.2 Å². The fourth-order valence-electron chi connectivity index (χ4n) is 2.66. The van der Waals surface area contributed by atoms with Gasteiger partial charge in [-0.2, -0.15) is 0 Å². The predicted octanol–water partition coefficient (Wildman–Crippen LogP) is 6.30. The minimum atomic E-state index is 0.130. The van der Waals surface area contributed by atoms with Crippen molar-refractivity contribution in [1.29, 1.82) is 0 Å². The molecule has 0 aromatic heterocycles. The fourth-order valence-corrected chi connectivity index (χ4v) is 2.66. The second-order valence-electron chi connectivity index (χ2n) is 6.85. The Bertz CT molecular complexity index is 713. The van der Waals surface area contributed by atoms with E-state index < -0.39 is 0 Å². The number of aliphatic hydroxyl groups excluding tert-OH is 1. The van der Waals surface area contributed by atoms with Gasteiger partial charge in [0.15, 0.2) is 0 Å². The highest BCUT2D eigenvalue weighted by Gasteiger charge is 1.97. The van der Waals surface area contributed by atoms with E-state index in [0.29, 0.717) is 6.54 Å². The summed E-state index contributed by atoms with van der Waals surface area (Å²) in [6.45, 7) is 7.69. The Balaban J connectivity index is 2.36. The van der Waals surface area contributed by atoms with Gasteiger partial charge in [0, 0.05) is 17.1 Å². The van der Waals surface area contributed by atoms with E-state index >= 15 is 0 Å². The van der Waals surface area contributed by atoms with E-state index in [1.165, 1.54) is 16.7 Å². The van der Waals surface area contributed by atoms with E-state index in [1.807, 2.05) is 30.3 Å². The second kappa shape index (κ2) is 13.7. The number of hydrogen-bond acceptors (Lipinski definition) is 3. The van der Waals surface area contributed by atoms with Gasteiger partial charge >= 0.3 is 0 Å². The largest absolute Gasteiger partial charge is 0.392 e. The van der Waals surface area contributed by atoms with Gasteiger partial charge in [-0.25, -0.2) is 0 Å². The molecule has 1 aromatic rings. The molecule has 1 rings (SSSR count). The number of allylic oxidation sites excluding steroid dienone is 4. The molecule has 0 fully saturated rings. The van der Waals surface area contributed by atoms with Crippen LogP contribution in [-0.2, 0) is 6.54 Å². The summed E-state index contributed by atoms with van der Waals surface area (Å²) >= 11 is 0. The lowest BCUT2D eigenvalue weighted by Gasteiger charge is -2.08. The van der Waals surface area contributed by atoms with Crippen LogP contribution in [0.1, 0.15) is 52.0 Å². The van der Waals surface area contributed by atoms with Crippen LogP contribution in [0.4, 0.5) is 5.69 Å². The smallest absolute Gasteiger partial charge is 0.0614 e. The number of aliphatic hydroxyl groups is 1. The third-order valence-corrected chi connectivity index (χ3v) is 4.32. The van der Waals surface area contributed by atoms with Crippen LogP contribution in [0.15, 0.2) is 64.3 Å². The van der Waals surface area contributed by atoms with E-state index in [9.17, 15) is 0 Å². The van der Waals surface area contributed by atoms with Crippen molar-refractivity contribution in [2.75, 3.05) is 18.5 Å². The molecule has 0 atom stereocenters. The maximum atomic E-state index is 8.86. The number of benzene rings is 1. The van der Waals surface area contributed by atoms with Gasteiger partial charge in [0.1, 0.15) is 0 Å². The lowest BCUT2D eigenvalue weighted by atomic mass is 10.1. The molecule has 1 aromatic carbocycles. The van der Waals surface area contributed by atoms with Crippen molar-refractivity contribution in [1.82, 2.24) is 0 Å². The van der Waals surface area contributed by atoms with Crippen LogP contribution >= 0.6 is 0 Å². The summed E-state index contributed by atoms with van der Waals surface area (Å²) < 4.78 is 0. The van der Waals surface area contributed by atoms with Crippen molar-refractivity contribution in [2.24, 2.45) is 5.11 Å². The number of nitrogens with one attached hydrogen (secondary N) is 1. The first kappa shape index (κ1) is 22.6. The molecule has 0 radical (unpaired) electrons. The molecule has 2 N–H and O–H groups in total. The van der Waals surface area contributed by atoms with Gasteiger partial charge < -0.3 is 10.4 Å². The zero-order chi connectivity index (χ0) is 19.9. The van der Waals surface area contributed by atoms with Crippen LogP contribution in [0.2, 0.25) is 0 Å². The third kappa shape index (κ3) is 11.0. The average molecular weight is 369 g/mol. The van der Waals surface area contributed by atoms with Gasteiger partial charge in [0.05, 0.1) is 13.2 Å². The molecule has 146 valence electrons. The van der Waals surface area contributed by atoms with Crippen LogP contribution in [0, 0.1) is 0 Å². The van der Waals surface area contributed by atoms with Crippen molar-refractivity contribution in [3.05, 3.63) is 75.2 Å². The van der Waals surface area contributed by atoms with E-state index in [1.54, 1.807) is 0 Å². The third-order valence-electron chi connectivity index (χ3n) is 4.32. The quantitative estimate of drug-likeness (QED) is 0.196. The van der Waals surface area contributed by atoms with Crippen LogP contribution in [0.25, 0.3) is 10.4 Å². The summed E-state index contributed by atoms with van der Waals surface area (Å²) in [4.78, 5) is 2.80. The first-order valence-electron chi connectivity index (χ1n) is 9.46. The Kier molecular flexibility index (Phi) is 11.4. The summed E-state index contributed by atoms with van der Waals surface area (Å²) in [5.74, 6) is 0. The number of anilines is 1. The Labute approximate surface area is 163 Å². The first-order valence-corrected chi connectivity index (χ1v) is 9.46. The highest BCUT2D eigenvalue weighted by Crippen LogP contribution is 2.14. The number of azide groups is 1. The molecule has 5 heteroatoms. The molecule has 0 saturated heterocycles. The number of rotatable bonds is 12. The van der Waals surface area contributed by atoms with Gasteiger partial charge in [-0.05, 0) is 69.7 Å². The summed E-state index contributed by atoms with van der Waals surface area (Å²) in [6, 6.07) is 7.96. The number of nitrogens with zero attached hydrogens (tertiary/aromatic N) is 3. The van der Waals surface area contributed by atoms with Crippen LogP contribution in [0.5, 0.6) is 0 Å². The molecule has 0 unspecified atom stereocenters. The monoisotopic (exact) mass is 368 g/mol. The fraction of sp³-hybridized carbons (Fsp3) is 0.455. The van der Waals surface area contributed by atoms with E-state index in [2.05, 4.69) is 48.3 Å². The highest BCUT2D eigenvalue weighted by molar-refractivity contribution is 5.46. The van der Waals surface area contributed by atoms with Crippen LogP contribution in [0.3, 0.4) is 0 Å². The first-order chi connectivity index (χ1) is 13.0. The molecule has 0 saturated carbocycles. The molecular weight excluding hydrogens is 336 g/mol. The van der Waals surface area contributed by atoms with E-state index in [-0.39, 0.29) is 6.61 Å². The molecule has 5 nitrogen and oxygen atoms in total. The molecule has 0 aliphatic rings. The number of hydrogen-bond donors (Lipinski definition) is 2. The highest BCUT2D eigenvalue weighted by atomic mass is 16.2. The maximum absolute atomic E-state index is 8.86. The summed E-state index contributed by atoms with van der Waals surface area (Å²) in [6.07, 6.45) is 10.6. The minimum Gasteiger partial charge on any atom is -0.392 e.